The first-order chi connectivity index (χ1) is 18.0. The van der Waals surface area contributed by atoms with Crippen molar-refractivity contribution in [3.8, 4) is 0 Å². The second kappa shape index (κ2) is 13.3. The van der Waals surface area contributed by atoms with Gasteiger partial charge in [0.15, 0.2) is 0 Å². The average molecular weight is 532 g/mol. The summed E-state index contributed by atoms with van der Waals surface area (Å²) in [7, 11) is 0. The van der Waals surface area contributed by atoms with Gasteiger partial charge in [-0.15, -0.1) is 0 Å². The monoisotopic (exact) mass is 531 g/mol. The quantitative estimate of drug-likeness (QED) is 0.427. The second-order valence-corrected chi connectivity index (χ2v) is 9.78. The van der Waals surface area contributed by atoms with E-state index in [1.165, 1.54) is 6.92 Å². The highest BCUT2D eigenvalue weighted by Gasteiger charge is 2.42. The van der Waals surface area contributed by atoms with E-state index in [9.17, 15) is 32.3 Å². The van der Waals surface area contributed by atoms with Crippen molar-refractivity contribution < 1.29 is 32.3 Å². The number of alkyl halides is 3. The molecule has 0 aliphatic heterocycles. The molecule has 1 aromatic carbocycles. The van der Waals surface area contributed by atoms with E-state index in [1.807, 2.05) is 0 Å². The van der Waals surface area contributed by atoms with Gasteiger partial charge in [-0.3, -0.25) is 24.2 Å². The summed E-state index contributed by atoms with van der Waals surface area (Å²) in [5, 5.41) is 5.13. The summed E-state index contributed by atoms with van der Waals surface area (Å²) < 4.78 is 38.8. The van der Waals surface area contributed by atoms with Gasteiger partial charge in [0.2, 0.25) is 11.7 Å². The molecule has 1 aliphatic rings. The predicted octanol–water partition coefficient (Wildman–Crippen LogP) is 3.96. The van der Waals surface area contributed by atoms with Gasteiger partial charge in [0.05, 0.1) is 18.2 Å². The van der Waals surface area contributed by atoms with Crippen molar-refractivity contribution in [2.24, 2.45) is 17.8 Å². The van der Waals surface area contributed by atoms with Gasteiger partial charge in [0.1, 0.15) is 11.8 Å². The van der Waals surface area contributed by atoms with E-state index >= 15 is 0 Å². The van der Waals surface area contributed by atoms with Crippen LogP contribution in [-0.2, 0) is 32.1 Å². The molecule has 204 valence electrons. The van der Waals surface area contributed by atoms with Crippen LogP contribution in [0.3, 0.4) is 0 Å². The van der Waals surface area contributed by atoms with E-state index in [2.05, 4.69) is 15.6 Å². The Kier molecular flexibility index (Phi) is 10.2. The van der Waals surface area contributed by atoms with E-state index in [1.54, 1.807) is 54.7 Å². The van der Waals surface area contributed by atoms with Gasteiger partial charge >= 0.3 is 6.18 Å². The van der Waals surface area contributed by atoms with Crippen molar-refractivity contribution in [3.05, 3.63) is 66.0 Å². The number of pyridine rings is 1. The Balaban J connectivity index is 1.59. The SMILES string of the molecule is C[C@@H](CC(=O)C1CCC(C(F)(F)F)CC1)C(=O)N[C@H](Cc1ccccc1)C(=O)C(=O)NCc1ccccn1. The van der Waals surface area contributed by atoms with Crippen molar-refractivity contribution >= 4 is 23.4 Å². The molecule has 10 heteroatoms. The Labute approximate surface area is 219 Å². The van der Waals surface area contributed by atoms with E-state index in [0.29, 0.717) is 5.69 Å². The van der Waals surface area contributed by atoms with Crippen LogP contribution < -0.4 is 10.6 Å². The fourth-order valence-corrected chi connectivity index (χ4v) is 4.60. The topological polar surface area (TPSA) is 105 Å². The first-order valence-corrected chi connectivity index (χ1v) is 12.7. The molecule has 1 aliphatic carbocycles. The molecule has 0 unspecified atom stereocenters. The van der Waals surface area contributed by atoms with Crippen LogP contribution >= 0.6 is 0 Å². The van der Waals surface area contributed by atoms with Gasteiger partial charge in [-0.05, 0) is 43.4 Å². The second-order valence-electron chi connectivity index (χ2n) is 9.78. The lowest BCUT2D eigenvalue weighted by atomic mass is 9.78. The predicted molar refractivity (Wildman–Crippen MR) is 133 cm³/mol. The summed E-state index contributed by atoms with van der Waals surface area (Å²) >= 11 is 0. The molecule has 0 saturated heterocycles. The molecule has 2 aromatic rings. The van der Waals surface area contributed by atoms with E-state index in [0.717, 1.165) is 5.56 Å². The van der Waals surface area contributed by atoms with Gasteiger partial charge in [-0.2, -0.15) is 13.2 Å². The minimum atomic E-state index is -4.26. The van der Waals surface area contributed by atoms with Crippen molar-refractivity contribution in [1.29, 1.82) is 0 Å². The molecule has 0 bridgehead atoms. The van der Waals surface area contributed by atoms with Gasteiger partial charge < -0.3 is 10.6 Å². The number of halogens is 3. The number of Topliss-reactive ketones (excluding diaryl/α,β-unsaturated/α-hetero) is 2. The first kappa shape index (κ1) is 29.0. The fourth-order valence-electron chi connectivity index (χ4n) is 4.60. The number of rotatable bonds is 11. The van der Waals surface area contributed by atoms with Crippen LogP contribution in [-0.4, -0.2) is 40.6 Å². The van der Waals surface area contributed by atoms with E-state index < -0.39 is 47.6 Å². The summed E-state index contributed by atoms with van der Waals surface area (Å²) in [6, 6.07) is 12.9. The van der Waals surface area contributed by atoms with Crippen LogP contribution in [0.5, 0.6) is 0 Å². The maximum Gasteiger partial charge on any atom is 0.391 e. The van der Waals surface area contributed by atoms with E-state index in [4.69, 9.17) is 0 Å². The summed E-state index contributed by atoms with van der Waals surface area (Å²) in [5.74, 6) is -5.25. The molecular weight excluding hydrogens is 499 g/mol. The summed E-state index contributed by atoms with van der Waals surface area (Å²) in [6.45, 7) is 1.57. The van der Waals surface area contributed by atoms with Crippen LogP contribution in [0.25, 0.3) is 0 Å². The molecule has 7 nitrogen and oxygen atoms in total. The van der Waals surface area contributed by atoms with E-state index in [-0.39, 0.29) is 50.9 Å². The van der Waals surface area contributed by atoms with Gasteiger partial charge in [0, 0.05) is 30.9 Å². The maximum absolute atomic E-state index is 13.0. The Morgan fingerprint density at radius 2 is 1.63 bits per heavy atom. The van der Waals surface area contributed by atoms with Gasteiger partial charge in [-0.25, -0.2) is 0 Å². The lowest BCUT2D eigenvalue weighted by molar-refractivity contribution is -0.184. The van der Waals surface area contributed by atoms with Crippen LogP contribution in [0.2, 0.25) is 0 Å². The Morgan fingerprint density at radius 3 is 2.24 bits per heavy atom. The number of carbonyl (C=O) groups is 4. The highest BCUT2D eigenvalue weighted by atomic mass is 19.4. The van der Waals surface area contributed by atoms with Gasteiger partial charge in [-0.1, -0.05) is 43.3 Å². The number of hydrogen-bond acceptors (Lipinski definition) is 5. The zero-order valence-corrected chi connectivity index (χ0v) is 21.2. The maximum atomic E-state index is 13.0. The zero-order chi connectivity index (χ0) is 27.7. The molecule has 2 atom stereocenters. The normalized spacial score (nSPS) is 19.2. The molecule has 1 saturated carbocycles. The number of carbonyl (C=O) groups excluding carboxylic acids is 4. The minimum Gasteiger partial charge on any atom is -0.345 e. The summed E-state index contributed by atoms with van der Waals surface area (Å²) in [6.07, 6.45) is -2.68. The Morgan fingerprint density at radius 1 is 0.974 bits per heavy atom. The minimum absolute atomic E-state index is 0.0406. The molecular formula is C28H32F3N3O4. The molecule has 2 amide bonds. The Hall–Kier alpha value is -3.56. The summed E-state index contributed by atoms with van der Waals surface area (Å²) in [4.78, 5) is 55.4. The van der Waals surface area contributed by atoms with Crippen molar-refractivity contribution in [2.75, 3.05) is 0 Å². The number of ketones is 2. The number of hydrogen-bond donors (Lipinski definition) is 2. The number of benzene rings is 1. The van der Waals surface area contributed by atoms with Crippen molar-refractivity contribution in [2.45, 2.75) is 64.2 Å². The molecule has 3 rings (SSSR count). The zero-order valence-electron chi connectivity index (χ0n) is 21.2. The number of aromatic nitrogens is 1. The van der Waals surface area contributed by atoms with Crippen LogP contribution in [0, 0.1) is 17.8 Å². The third kappa shape index (κ3) is 8.49. The number of nitrogens with one attached hydrogen (secondary N) is 2. The number of amides is 2. The standard InChI is InChI=1S/C28H32F3N3O4/c1-18(15-24(35)20-10-12-21(13-11-20)28(29,30)31)26(37)34-23(16-19-7-3-2-4-8-19)25(36)27(38)33-17-22-9-5-6-14-32-22/h2-9,14,18,20-21,23H,10-13,15-17H2,1H3,(H,33,38)(H,34,37)/t18-,20?,21?,23+/m0/s1. The molecule has 1 heterocycles. The lowest BCUT2D eigenvalue weighted by Crippen LogP contribution is -2.50. The molecule has 0 radical (unpaired) electrons. The molecule has 1 fully saturated rings. The Bertz CT molecular complexity index is 1100. The van der Waals surface area contributed by atoms with Gasteiger partial charge in [0.25, 0.3) is 5.91 Å². The molecule has 1 aromatic heterocycles. The lowest BCUT2D eigenvalue weighted by Gasteiger charge is -2.29. The highest BCUT2D eigenvalue weighted by Crippen LogP contribution is 2.40. The average Bonchev–Trinajstić information content (AvgIpc) is 2.91. The van der Waals surface area contributed by atoms with Crippen LogP contribution in [0.15, 0.2) is 54.7 Å². The van der Waals surface area contributed by atoms with Crippen molar-refractivity contribution in [1.82, 2.24) is 15.6 Å². The largest absolute Gasteiger partial charge is 0.391 e. The summed E-state index contributed by atoms with van der Waals surface area (Å²) in [5.41, 5.74) is 1.29. The molecule has 2 N–H and O–H groups in total. The highest BCUT2D eigenvalue weighted by molar-refractivity contribution is 6.38. The van der Waals surface area contributed by atoms with Crippen LogP contribution in [0.1, 0.15) is 50.3 Å². The molecule has 0 spiro atoms. The third-order valence-electron chi connectivity index (χ3n) is 6.90. The van der Waals surface area contributed by atoms with Crippen LogP contribution in [0.4, 0.5) is 13.2 Å². The first-order valence-electron chi connectivity index (χ1n) is 12.7. The van der Waals surface area contributed by atoms with Crippen molar-refractivity contribution in [3.63, 3.8) is 0 Å². The molecule has 38 heavy (non-hydrogen) atoms. The number of nitrogens with zero attached hydrogens (tertiary/aromatic N) is 1. The fraction of sp³-hybridized carbons (Fsp3) is 0.464. The third-order valence-corrected chi connectivity index (χ3v) is 6.90. The smallest absolute Gasteiger partial charge is 0.345 e.